The molecule has 3 rings (SSSR count). The summed E-state index contributed by atoms with van der Waals surface area (Å²) < 4.78 is 6.56. The monoisotopic (exact) mass is 388 g/mol. The molecule has 1 atom stereocenters. The van der Waals surface area contributed by atoms with Gasteiger partial charge in [0.15, 0.2) is 5.16 Å². The summed E-state index contributed by atoms with van der Waals surface area (Å²) in [5.41, 5.74) is 1.02. The second-order valence-corrected chi connectivity index (χ2v) is 7.29. The lowest BCUT2D eigenvalue weighted by molar-refractivity contribution is -0.142. The van der Waals surface area contributed by atoms with E-state index in [2.05, 4.69) is 4.98 Å². The van der Waals surface area contributed by atoms with Crippen LogP contribution in [0.2, 0.25) is 5.02 Å². The molecule has 0 saturated carbocycles. The van der Waals surface area contributed by atoms with Crippen LogP contribution in [0.15, 0.2) is 58.5 Å². The number of ether oxygens (including phenoxy) is 1. The summed E-state index contributed by atoms with van der Waals surface area (Å²) in [6, 6.07) is 14.1. The molecule has 0 aliphatic heterocycles. The van der Waals surface area contributed by atoms with E-state index in [0.717, 1.165) is 0 Å². The maximum atomic E-state index is 13.1. The molecular formula is C19H17ClN2O3S. The van der Waals surface area contributed by atoms with Crippen molar-refractivity contribution in [1.29, 1.82) is 0 Å². The van der Waals surface area contributed by atoms with Crippen molar-refractivity contribution >= 4 is 40.2 Å². The first-order chi connectivity index (χ1) is 12.5. The van der Waals surface area contributed by atoms with E-state index in [0.29, 0.717) is 33.4 Å². The van der Waals surface area contributed by atoms with E-state index in [1.54, 1.807) is 56.3 Å². The lowest BCUT2D eigenvalue weighted by atomic mass is 10.2. The molecular weight excluding hydrogens is 372 g/mol. The standard InChI is InChI=1S/C19H17ClN2O3S/c1-3-25-18(24)12(2)26-19-21-16-7-5-4-6-15(16)17(23)22(19)14-10-8-13(20)9-11-14/h4-12H,3H2,1-2H3/t12-/m1/s1. The van der Waals surface area contributed by atoms with Crippen LogP contribution in [0.3, 0.4) is 0 Å². The highest BCUT2D eigenvalue weighted by atomic mass is 35.5. The molecule has 7 heteroatoms. The SMILES string of the molecule is CCOC(=O)[C@@H](C)Sc1nc2ccccc2c(=O)n1-c1ccc(Cl)cc1. The molecule has 0 bridgehead atoms. The van der Waals surface area contributed by atoms with Gasteiger partial charge in [0.1, 0.15) is 5.25 Å². The normalized spacial score (nSPS) is 12.1. The Morgan fingerprint density at radius 3 is 2.62 bits per heavy atom. The van der Waals surface area contributed by atoms with Gasteiger partial charge in [0.25, 0.3) is 5.56 Å². The maximum absolute atomic E-state index is 13.1. The predicted octanol–water partition coefficient (Wildman–Crippen LogP) is 4.08. The van der Waals surface area contributed by atoms with Crippen molar-refractivity contribution in [3.8, 4) is 5.69 Å². The van der Waals surface area contributed by atoms with Crippen molar-refractivity contribution in [1.82, 2.24) is 9.55 Å². The lowest BCUT2D eigenvalue weighted by Gasteiger charge is -2.16. The zero-order valence-electron chi connectivity index (χ0n) is 14.3. The number of carbonyl (C=O) groups is 1. The van der Waals surface area contributed by atoms with Crippen LogP contribution in [0.25, 0.3) is 16.6 Å². The quantitative estimate of drug-likeness (QED) is 0.374. The van der Waals surface area contributed by atoms with E-state index in [1.807, 2.05) is 6.07 Å². The molecule has 0 spiro atoms. The smallest absolute Gasteiger partial charge is 0.319 e. The zero-order valence-corrected chi connectivity index (χ0v) is 15.9. The van der Waals surface area contributed by atoms with Crippen LogP contribution in [0.5, 0.6) is 0 Å². The van der Waals surface area contributed by atoms with Gasteiger partial charge in [0.05, 0.1) is 23.2 Å². The average molecular weight is 389 g/mol. The first kappa shape index (κ1) is 18.5. The van der Waals surface area contributed by atoms with Crippen LogP contribution >= 0.6 is 23.4 Å². The molecule has 0 aliphatic rings. The van der Waals surface area contributed by atoms with E-state index >= 15 is 0 Å². The van der Waals surface area contributed by atoms with Gasteiger partial charge < -0.3 is 4.74 Å². The van der Waals surface area contributed by atoms with Gasteiger partial charge in [-0.3, -0.25) is 14.2 Å². The Bertz CT molecular complexity index is 1000. The number of carbonyl (C=O) groups excluding carboxylic acids is 1. The molecule has 134 valence electrons. The third-order valence-corrected chi connectivity index (χ3v) is 5.01. The number of esters is 1. The number of fused-ring (bicyclic) bond motifs is 1. The highest BCUT2D eigenvalue weighted by Gasteiger charge is 2.21. The summed E-state index contributed by atoms with van der Waals surface area (Å²) in [5, 5.41) is 1.01. The summed E-state index contributed by atoms with van der Waals surface area (Å²) >= 11 is 7.16. The Morgan fingerprint density at radius 2 is 1.92 bits per heavy atom. The Kier molecular flexibility index (Phi) is 5.64. The molecule has 0 saturated heterocycles. The number of aromatic nitrogens is 2. The van der Waals surface area contributed by atoms with Gasteiger partial charge in [0, 0.05) is 5.02 Å². The maximum Gasteiger partial charge on any atom is 0.319 e. The third kappa shape index (κ3) is 3.76. The molecule has 0 N–H and O–H groups in total. The molecule has 0 aliphatic carbocycles. The first-order valence-corrected chi connectivity index (χ1v) is 9.38. The van der Waals surface area contributed by atoms with Crippen LogP contribution < -0.4 is 5.56 Å². The van der Waals surface area contributed by atoms with Gasteiger partial charge in [-0.2, -0.15) is 0 Å². The molecule has 0 amide bonds. The minimum Gasteiger partial charge on any atom is -0.465 e. The molecule has 5 nitrogen and oxygen atoms in total. The van der Waals surface area contributed by atoms with Crippen molar-refractivity contribution in [2.75, 3.05) is 6.61 Å². The Labute approximate surface area is 160 Å². The second kappa shape index (κ2) is 7.93. The summed E-state index contributed by atoms with van der Waals surface area (Å²) in [6.45, 7) is 3.79. The highest BCUT2D eigenvalue weighted by Crippen LogP contribution is 2.26. The van der Waals surface area contributed by atoms with E-state index < -0.39 is 5.25 Å². The van der Waals surface area contributed by atoms with Crippen molar-refractivity contribution in [2.45, 2.75) is 24.3 Å². The number of benzene rings is 2. The van der Waals surface area contributed by atoms with Crippen LogP contribution in [-0.4, -0.2) is 27.4 Å². The largest absolute Gasteiger partial charge is 0.465 e. The van der Waals surface area contributed by atoms with Crippen molar-refractivity contribution in [3.05, 3.63) is 63.9 Å². The fourth-order valence-electron chi connectivity index (χ4n) is 2.48. The second-order valence-electron chi connectivity index (χ2n) is 5.54. The molecule has 1 aromatic heterocycles. The number of nitrogens with zero attached hydrogens (tertiary/aromatic N) is 2. The molecule has 0 fully saturated rings. The van der Waals surface area contributed by atoms with E-state index in [4.69, 9.17) is 16.3 Å². The fourth-order valence-corrected chi connectivity index (χ4v) is 3.53. The number of rotatable bonds is 5. The summed E-state index contributed by atoms with van der Waals surface area (Å²) in [4.78, 5) is 29.7. The molecule has 1 heterocycles. The minimum absolute atomic E-state index is 0.198. The van der Waals surface area contributed by atoms with Crippen LogP contribution in [0, 0.1) is 0 Å². The lowest BCUT2D eigenvalue weighted by Crippen LogP contribution is -2.24. The van der Waals surface area contributed by atoms with Gasteiger partial charge in [-0.05, 0) is 50.2 Å². The number of para-hydroxylation sites is 1. The Hall–Kier alpha value is -2.31. The van der Waals surface area contributed by atoms with Crippen LogP contribution in [0.4, 0.5) is 0 Å². The number of thioether (sulfide) groups is 1. The molecule has 0 radical (unpaired) electrons. The fraction of sp³-hybridized carbons (Fsp3) is 0.211. The summed E-state index contributed by atoms with van der Waals surface area (Å²) in [5.74, 6) is -0.345. The summed E-state index contributed by atoms with van der Waals surface area (Å²) in [6.07, 6.45) is 0. The number of halogens is 1. The number of hydrogen-bond acceptors (Lipinski definition) is 5. The van der Waals surface area contributed by atoms with E-state index in [1.165, 1.54) is 16.3 Å². The van der Waals surface area contributed by atoms with Crippen molar-refractivity contribution < 1.29 is 9.53 Å². The first-order valence-electron chi connectivity index (χ1n) is 8.12. The summed E-state index contributed by atoms with van der Waals surface area (Å²) in [7, 11) is 0. The third-order valence-electron chi connectivity index (χ3n) is 3.73. The van der Waals surface area contributed by atoms with Crippen LogP contribution in [-0.2, 0) is 9.53 Å². The predicted molar refractivity (Wildman–Crippen MR) is 104 cm³/mol. The average Bonchev–Trinajstić information content (AvgIpc) is 2.63. The van der Waals surface area contributed by atoms with Gasteiger partial charge in [0.2, 0.25) is 0 Å². The molecule has 3 aromatic rings. The topological polar surface area (TPSA) is 61.2 Å². The van der Waals surface area contributed by atoms with Gasteiger partial charge >= 0.3 is 5.97 Å². The molecule has 0 unspecified atom stereocenters. The van der Waals surface area contributed by atoms with Crippen molar-refractivity contribution in [2.24, 2.45) is 0 Å². The van der Waals surface area contributed by atoms with E-state index in [9.17, 15) is 9.59 Å². The highest BCUT2D eigenvalue weighted by molar-refractivity contribution is 8.00. The zero-order chi connectivity index (χ0) is 18.7. The Balaban J connectivity index is 2.16. The Morgan fingerprint density at radius 1 is 1.23 bits per heavy atom. The van der Waals surface area contributed by atoms with E-state index in [-0.39, 0.29) is 11.5 Å². The number of hydrogen-bond donors (Lipinski definition) is 0. The molecule has 26 heavy (non-hydrogen) atoms. The van der Waals surface area contributed by atoms with Gasteiger partial charge in [-0.1, -0.05) is 35.5 Å². The minimum atomic E-state index is -0.499. The van der Waals surface area contributed by atoms with Gasteiger partial charge in [-0.15, -0.1) is 0 Å². The molecule has 2 aromatic carbocycles. The van der Waals surface area contributed by atoms with Crippen LogP contribution in [0.1, 0.15) is 13.8 Å². The van der Waals surface area contributed by atoms with Gasteiger partial charge in [-0.25, -0.2) is 4.98 Å². The van der Waals surface area contributed by atoms with Crippen molar-refractivity contribution in [3.63, 3.8) is 0 Å².